The molecule has 0 bridgehead atoms. The highest BCUT2D eigenvalue weighted by Crippen LogP contribution is 2.26. The van der Waals surface area contributed by atoms with E-state index >= 15 is 0 Å². The van der Waals surface area contributed by atoms with E-state index in [1.54, 1.807) is 24.3 Å². The quantitative estimate of drug-likeness (QED) is 0.299. The van der Waals surface area contributed by atoms with Crippen LogP contribution in [0.5, 0.6) is 5.75 Å². The number of hydrazine groups is 1. The van der Waals surface area contributed by atoms with Crippen LogP contribution in [-0.4, -0.2) is 58.9 Å². The second-order valence-electron chi connectivity index (χ2n) is 7.74. The number of primary amides is 1. The Kier molecular flexibility index (Phi) is 9.03. The number of methoxy groups -OCH3 is 1. The summed E-state index contributed by atoms with van der Waals surface area (Å²) in [6, 6.07) is 5.82. The van der Waals surface area contributed by atoms with E-state index < -0.39 is 35.3 Å². The molecule has 4 amide bonds. The molecule has 2 aromatic rings. The minimum absolute atomic E-state index is 0.0134. The van der Waals surface area contributed by atoms with Crippen LogP contribution in [0.4, 0.5) is 4.39 Å². The summed E-state index contributed by atoms with van der Waals surface area (Å²) in [5.74, 6) is -2.80. The van der Waals surface area contributed by atoms with E-state index in [0.717, 1.165) is 0 Å². The molecular formula is C21H27ClFN5O5. The minimum Gasteiger partial charge on any atom is -0.496 e. The Morgan fingerprint density at radius 3 is 2.55 bits per heavy atom. The Hall–Kier alpha value is -3.34. The van der Waals surface area contributed by atoms with E-state index in [-0.39, 0.29) is 31.0 Å². The van der Waals surface area contributed by atoms with Crippen molar-refractivity contribution in [2.45, 2.75) is 38.4 Å². The van der Waals surface area contributed by atoms with Crippen molar-refractivity contribution in [2.24, 2.45) is 11.7 Å². The maximum Gasteiger partial charge on any atom is 0.291 e. The van der Waals surface area contributed by atoms with Crippen LogP contribution in [0.15, 0.2) is 24.3 Å². The molecule has 0 spiro atoms. The number of aromatic amines is 1. The van der Waals surface area contributed by atoms with Gasteiger partial charge in [-0.15, -0.1) is 0 Å². The number of carbonyl (C=O) groups excluding carboxylic acids is 4. The lowest BCUT2D eigenvalue weighted by Gasteiger charge is -2.27. The molecule has 1 heterocycles. The number of carbonyl (C=O) groups is 4. The van der Waals surface area contributed by atoms with Gasteiger partial charge in [0.2, 0.25) is 5.91 Å². The number of fused-ring (bicyclic) bond motifs is 1. The first-order chi connectivity index (χ1) is 15.5. The summed E-state index contributed by atoms with van der Waals surface area (Å²) in [5.41, 5.74) is 5.73. The van der Waals surface area contributed by atoms with Crippen molar-refractivity contribution < 1.29 is 28.3 Å². The summed E-state index contributed by atoms with van der Waals surface area (Å²) in [6.45, 7) is 3.30. The molecule has 10 nitrogen and oxygen atoms in total. The second-order valence-corrected chi connectivity index (χ2v) is 8.13. The Labute approximate surface area is 194 Å². The molecule has 1 aromatic heterocycles. The SMILES string of the molecule is COc1cccc2[nH]c(C(=O)N[C@@H](CC(C)C)C(=O)NN(CCC(N)=O)C(=O)C(F)Cl)cc12. The molecule has 1 aromatic carbocycles. The maximum atomic E-state index is 13.3. The first-order valence-electron chi connectivity index (χ1n) is 10.2. The number of H-pyrrole nitrogens is 1. The fourth-order valence-electron chi connectivity index (χ4n) is 3.14. The van der Waals surface area contributed by atoms with Crippen molar-refractivity contribution in [3.63, 3.8) is 0 Å². The number of nitrogens with zero attached hydrogens (tertiary/aromatic N) is 1. The number of amides is 4. The molecule has 2 rings (SSSR count). The Morgan fingerprint density at radius 1 is 1.27 bits per heavy atom. The minimum atomic E-state index is -2.43. The highest BCUT2D eigenvalue weighted by Gasteiger charge is 2.29. The van der Waals surface area contributed by atoms with Gasteiger partial charge in [-0.1, -0.05) is 31.5 Å². The third kappa shape index (κ3) is 7.07. The van der Waals surface area contributed by atoms with E-state index in [4.69, 9.17) is 22.1 Å². The van der Waals surface area contributed by atoms with Gasteiger partial charge in [-0.3, -0.25) is 24.6 Å². The van der Waals surface area contributed by atoms with Crippen molar-refractivity contribution in [3.05, 3.63) is 30.0 Å². The first kappa shape index (κ1) is 25.9. The lowest BCUT2D eigenvalue weighted by atomic mass is 10.0. The number of hydrogen-bond donors (Lipinski definition) is 4. The summed E-state index contributed by atoms with van der Waals surface area (Å²) in [4.78, 5) is 51.7. The topological polar surface area (TPSA) is 147 Å². The zero-order chi connectivity index (χ0) is 24.7. The lowest BCUT2D eigenvalue weighted by molar-refractivity contribution is -0.144. The van der Waals surface area contributed by atoms with E-state index in [1.165, 1.54) is 7.11 Å². The van der Waals surface area contributed by atoms with Gasteiger partial charge in [0, 0.05) is 17.3 Å². The number of nitrogens with two attached hydrogens (primary N) is 1. The van der Waals surface area contributed by atoms with Crippen molar-refractivity contribution in [1.29, 1.82) is 0 Å². The van der Waals surface area contributed by atoms with E-state index in [2.05, 4.69) is 15.7 Å². The molecule has 0 aliphatic carbocycles. The van der Waals surface area contributed by atoms with Crippen LogP contribution in [0.25, 0.3) is 10.9 Å². The van der Waals surface area contributed by atoms with Crippen molar-refractivity contribution in [1.82, 2.24) is 20.7 Å². The Bertz CT molecular complexity index is 1030. The van der Waals surface area contributed by atoms with E-state index in [0.29, 0.717) is 21.7 Å². The number of halogens is 2. The summed E-state index contributed by atoms with van der Waals surface area (Å²) < 4.78 is 18.6. The molecule has 1 unspecified atom stereocenters. The van der Waals surface area contributed by atoms with Crippen LogP contribution in [0.2, 0.25) is 0 Å². The number of hydrogen-bond acceptors (Lipinski definition) is 5. The van der Waals surface area contributed by atoms with Crippen LogP contribution < -0.4 is 21.2 Å². The molecule has 2 atom stereocenters. The van der Waals surface area contributed by atoms with Crippen LogP contribution >= 0.6 is 11.6 Å². The number of nitrogens with one attached hydrogen (secondary N) is 3. The molecule has 0 radical (unpaired) electrons. The van der Waals surface area contributed by atoms with Crippen LogP contribution in [0, 0.1) is 5.92 Å². The van der Waals surface area contributed by atoms with Gasteiger partial charge < -0.3 is 20.8 Å². The van der Waals surface area contributed by atoms with Gasteiger partial charge >= 0.3 is 0 Å². The predicted octanol–water partition coefficient (Wildman–Crippen LogP) is 1.59. The summed E-state index contributed by atoms with van der Waals surface area (Å²) in [6.07, 6.45) is -0.105. The van der Waals surface area contributed by atoms with Gasteiger partial charge in [-0.05, 0) is 30.5 Å². The highest BCUT2D eigenvalue weighted by molar-refractivity contribution is 6.29. The van der Waals surface area contributed by atoms with Crippen LogP contribution in [-0.2, 0) is 14.4 Å². The molecule has 0 aliphatic rings. The van der Waals surface area contributed by atoms with Gasteiger partial charge in [0.15, 0.2) is 0 Å². The predicted molar refractivity (Wildman–Crippen MR) is 120 cm³/mol. The van der Waals surface area contributed by atoms with Crippen molar-refractivity contribution >= 4 is 46.1 Å². The average Bonchev–Trinajstić information content (AvgIpc) is 3.19. The monoisotopic (exact) mass is 483 g/mol. The fourth-order valence-corrected chi connectivity index (χ4v) is 3.26. The molecule has 12 heteroatoms. The van der Waals surface area contributed by atoms with E-state index in [1.807, 2.05) is 13.8 Å². The van der Waals surface area contributed by atoms with Gasteiger partial charge in [0.25, 0.3) is 23.4 Å². The molecule has 5 N–H and O–H groups in total. The molecule has 0 aliphatic heterocycles. The zero-order valence-corrected chi connectivity index (χ0v) is 19.2. The number of aromatic nitrogens is 1. The number of rotatable bonds is 10. The summed E-state index contributed by atoms with van der Waals surface area (Å²) in [7, 11) is 1.51. The van der Waals surface area contributed by atoms with Gasteiger partial charge in [0.1, 0.15) is 17.5 Å². The van der Waals surface area contributed by atoms with Crippen LogP contribution in [0.1, 0.15) is 37.2 Å². The van der Waals surface area contributed by atoms with Gasteiger partial charge in [0.05, 0.1) is 13.7 Å². The third-order valence-corrected chi connectivity index (χ3v) is 4.88. The maximum absolute atomic E-state index is 13.3. The van der Waals surface area contributed by atoms with Crippen molar-refractivity contribution in [3.8, 4) is 5.75 Å². The molecule has 180 valence electrons. The van der Waals surface area contributed by atoms with E-state index in [9.17, 15) is 23.6 Å². The summed E-state index contributed by atoms with van der Waals surface area (Å²) >= 11 is 5.20. The standard InChI is InChI=1S/C21H27ClFN5O5/c1-11(2)9-14(20(31)27-28(8-7-17(24)29)21(32)18(22)23)26-19(30)15-10-12-13(25-15)5-4-6-16(12)33-3/h4-6,10-11,14,18,25H,7-9H2,1-3H3,(H2,24,29)(H,26,30)(H,27,31)/t14-,18?/m0/s1. The highest BCUT2D eigenvalue weighted by atomic mass is 35.5. The lowest BCUT2D eigenvalue weighted by Crippen LogP contribution is -2.56. The van der Waals surface area contributed by atoms with Gasteiger partial charge in [-0.25, -0.2) is 9.40 Å². The Balaban J connectivity index is 2.21. The van der Waals surface area contributed by atoms with Gasteiger partial charge in [-0.2, -0.15) is 0 Å². The first-order valence-corrected chi connectivity index (χ1v) is 10.6. The fraction of sp³-hybridized carbons (Fsp3) is 0.429. The van der Waals surface area contributed by atoms with Crippen molar-refractivity contribution in [2.75, 3.05) is 13.7 Å². The summed E-state index contributed by atoms with van der Waals surface area (Å²) in [5, 5.41) is 3.89. The molecule has 0 saturated heterocycles. The second kappa shape index (κ2) is 11.5. The number of benzene rings is 1. The molecule has 0 saturated carbocycles. The van der Waals surface area contributed by atoms with Crippen LogP contribution in [0.3, 0.4) is 0 Å². The zero-order valence-electron chi connectivity index (χ0n) is 18.5. The normalized spacial score (nSPS) is 12.8. The largest absolute Gasteiger partial charge is 0.496 e. The number of alkyl halides is 2. The smallest absolute Gasteiger partial charge is 0.291 e. The Morgan fingerprint density at radius 2 is 1.97 bits per heavy atom. The number of ether oxygens (including phenoxy) is 1. The average molecular weight is 484 g/mol. The molecule has 0 fully saturated rings. The molecular weight excluding hydrogens is 457 g/mol. The molecule has 33 heavy (non-hydrogen) atoms. The third-order valence-electron chi connectivity index (χ3n) is 4.70.